The van der Waals surface area contributed by atoms with Crippen molar-refractivity contribution in [2.24, 2.45) is 0 Å². The average Bonchev–Trinajstić information content (AvgIpc) is 2.86. The van der Waals surface area contributed by atoms with E-state index in [1.165, 1.54) is 0 Å². The number of carbonyl (C=O) groups excluding carboxylic acids is 3. The van der Waals surface area contributed by atoms with E-state index < -0.39 is 11.6 Å². The van der Waals surface area contributed by atoms with Gasteiger partial charge in [-0.1, -0.05) is 54.1 Å². The van der Waals surface area contributed by atoms with Crippen LogP contribution in [-0.4, -0.2) is 34.8 Å². The van der Waals surface area contributed by atoms with Crippen LogP contribution in [0.2, 0.25) is 5.02 Å². The van der Waals surface area contributed by atoms with E-state index in [1.807, 2.05) is 42.5 Å². The Bertz CT molecular complexity index is 882. The fourth-order valence-corrected chi connectivity index (χ4v) is 3.25. The van der Waals surface area contributed by atoms with Gasteiger partial charge in [-0.05, 0) is 37.1 Å². The second kappa shape index (κ2) is 8.02. The summed E-state index contributed by atoms with van der Waals surface area (Å²) in [7, 11) is 0. The van der Waals surface area contributed by atoms with Crippen molar-refractivity contribution >= 4 is 29.4 Å². The Morgan fingerprint density at radius 2 is 1.68 bits per heavy atom. The second-order valence-electron chi connectivity index (χ2n) is 7.22. The van der Waals surface area contributed by atoms with Crippen molar-refractivity contribution in [2.45, 2.75) is 31.8 Å². The molecule has 1 heterocycles. The number of amides is 4. The third kappa shape index (κ3) is 4.34. The van der Waals surface area contributed by atoms with Crippen molar-refractivity contribution in [1.29, 1.82) is 0 Å². The van der Waals surface area contributed by atoms with Gasteiger partial charge >= 0.3 is 6.03 Å². The van der Waals surface area contributed by atoms with Crippen LogP contribution in [0.15, 0.2) is 54.6 Å². The molecule has 1 atom stereocenters. The predicted molar refractivity (Wildman–Crippen MR) is 107 cm³/mol. The van der Waals surface area contributed by atoms with Gasteiger partial charge in [0.25, 0.3) is 5.91 Å². The van der Waals surface area contributed by atoms with Crippen LogP contribution in [0.5, 0.6) is 0 Å². The Morgan fingerprint density at radius 3 is 2.25 bits per heavy atom. The molecule has 6 nitrogen and oxygen atoms in total. The van der Waals surface area contributed by atoms with Gasteiger partial charge in [0.15, 0.2) is 0 Å². The highest BCUT2D eigenvalue weighted by atomic mass is 35.5. The largest absolute Gasteiger partial charge is 0.345 e. The lowest BCUT2D eigenvalue weighted by Crippen LogP contribution is -2.41. The van der Waals surface area contributed by atoms with Crippen LogP contribution in [0.3, 0.4) is 0 Å². The van der Waals surface area contributed by atoms with Crippen LogP contribution in [0.4, 0.5) is 4.79 Å². The Balaban J connectivity index is 1.71. The molecule has 2 aromatic rings. The Hall–Kier alpha value is -2.86. The third-order valence-electron chi connectivity index (χ3n) is 4.65. The summed E-state index contributed by atoms with van der Waals surface area (Å²) in [5.41, 5.74) is 0.873. The maximum atomic E-state index is 12.6. The lowest BCUT2D eigenvalue weighted by atomic mass is 9.98. The number of halogens is 1. The topological polar surface area (TPSA) is 78.5 Å². The summed E-state index contributed by atoms with van der Waals surface area (Å²) in [6, 6.07) is 16.0. The van der Waals surface area contributed by atoms with Crippen LogP contribution in [0, 0.1) is 0 Å². The van der Waals surface area contributed by atoms with Gasteiger partial charge in [-0.25, -0.2) is 4.79 Å². The molecule has 2 aromatic carbocycles. The smallest absolute Gasteiger partial charge is 0.325 e. The SMILES string of the molecule is CC1(C)NC(=O)N(CCC(=O)NC(c2ccccc2)c2ccc(Cl)cc2)C1=O. The van der Waals surface area contributed by atoms with E-state index in [1.54, 1.807) is 26.0 Å². The molecule has 146 valence electrons. The van der Waals surface area contributed by atoms with Gasteiger partial charge in [0.05, 0.1) is 6.04 Å². The van der Waals surface area contributed by atoms with Crippen molar-refractivity contribution in [2.75, 3.05) is 6.54 Å². The second-order valence-corrected chi connectivity index (χ2v) is 7.66. The highest BCUT2D eigenvalue weighted by Gasteiger charge is 2.44. The third-order valence-corrected chi connectivity index (χ3v) is 4.90. The standard InChI is InChI=1S/C21H22ClN3O3/c1-21(2)19(27)25(20(28)24-21)13-12-17(26)23-18(14-6-4-3-5-7-14)15-8-10-16(22)11-9-15/h3-11,18H,12-13H2,1-2H3,(H,23,26)(H,24,28). The van der Waals surface area contributed by atoms with E-state index in [-0.39, 0.29) is 30.8 Å². The van der Waals surface area contributed by atoms with E-state index in [0.29, 0.717) is 5.02 Å². The molecule has 0 aliphatic carbocycles. The van der Waals surface area contributed by atoms with Crippen molar-refractivity contribution in [1.82, 2.24) is 15.5 Å². The molecular weight excluding hydrogens is 378 g/mol. The molecule has 1 fully saturated rings. The number of hydrogen-bond donors (Lipinski definition) is 2. The summed E-state index contributed by atoms with van der Waals surface area (Å²) < 4.78 is 0. The lowest BCUT2D eigenvalue weighted by Gasteiger charge is -2.21. The zero-order valence-electron chi connectivity index (χ0n) is 15.7. The summed E-state index contributed by atoms with van der Waals surface area (Å²) >= 11 is 5.98. The van der Waals surface area contributed by atoms with Crippen molar-refractivity contribution < 1.29 is 14.4 Å². The number of urea groups is 1. The first-order chi connectivity index (χ1) is 13.3. The molecule has 2 N–H and O–H groups in total. The van der Waals surface area contributed by atoms with Crippen molar-refractivity contribution in [3.63, 3.8) is 0 Å². The molecule has 0 radical (unpaired) electrons. The minimum Gasteiger partial charge on any atom is -0.345 e. The molecule has 7 heteroatoms. The molecule has 1 unspecified atom stereocenters. The molecule has 28 heavy (non-hydrogen) atoms. The monoisotopic (exact) mass is 399 g/mol. The number of benzene rings is 2. The maximum Gasteiger partial charge on any atom is 0.325 e. The summed E-state index contributed by atoms with van der Waals surface area (Å²) in [4.78, 5) is 37.9. The number of nitrogens with one attached hydrogen (secondary N) is 2. The first kappa shape index (κ1) is 19.9. The molecule has 1 saturated heterocycles. The van der Waals surface area contributed by atoms with E-state index in [9.17, 15) is 14.4 Å². The molecule has 4 amide bonds. The van der Waals surface area contributed by atoms with Gasteiger partial charge in [-0.2, -0.15) is 0 Å². The van der Waals surface area contributed by atoms with Gasteiger partial charge < -0.3 is 10.6 Å². The van der Waals surface area contributed by atoms with Gasteiger partial charge in [0, 0.05) is 18.0 Å². The quantitative estimate of drug-likeness (QED) is 0.732. The fraction of sp³-hybridized carbons (Fsp3) is 0.286. The Labute approximate surface area is 168 Å². The van der Waals surface area contributed by atoms with Crippen LogP contribution in [-0.2, 0) is 9.59 Å². The average molecular weight is 400 g/mol. The first-order valence-corrected chi connectivity index (χ1v) is 9.39. The summed E-state index contributed by atoms with van der Waals surface area (Å²) in [5, 5.41) is 6.21. The lowest BCUT2D eigenvalue weighted by molar-refractivity contribution is -0.130. The minimum absolute atomic E-state index is 0.0200. The summed E-state index contributed by atoms with van der Waals surface area (Å²) in [6.45, 7) is 3.31. The first-order valence-electron chi connectivity index (χ1n) is 9.02. The molecule has 1 aliphatic rings. The molecule has 0 spiro atoms. The number of rotatable bonds is 6. The Morgan fingerprint density at radius 1 is 1.07 bits per heavy atom. The molecule has 0 aromatic heterocycles. The van der Waals surface area contributed by atoms with E-state index in [2.05, 4.69) is 10.6 Å². The van der Waals surface area contributed by atoms with Crippen LogP contribution < -0.4 is 10.6 Å². The summed E-state index contributed by atoms with van der Waals surface area (Å²) in [6.07, 6.45) is 0.0200. The van der Waals surface area contributed by atoms with Crippen LogP contribution in [0.1, 0.15) is 37.4 Å². The fourth-order valence-electron chi connectivity index (χ4n) is 3.13. The minimum atomic E-state index is -0.941. The number of nitrogens with zero attached hydrogens (tertiary/aromatic N) is 1. The van der Waals surface area contributed by atoms with E-state index in [4.69, 9.17) is 11.6 Å². The Kier molecular flexibility index (Phi) is 5.70. The molecule has 0 bridgehead atoms. The summed E-state index contributed by atoms with van der Waals surface area (Å²) in [5.74, 6) is -0.586. The van der Waals surface area contributed by atoms with Gasteiger partial charge in [-0.15, -0.1) is 0 Å². The normalized spacial score (nSPS) is 16.6. The molecule has 1 aliphatic heterocycles. The van der Waals surface area contributed by atoms with E-state index >= 15 is 0 Å². The predicted octanol–water partition coefficient (Wildman–Crippen LogP) is 3.27. The number of carbonyl (C=O) groups is 3. The molecular formula is C21H22ClN3O3. The number of hydrogen-bond acceptors (Lipinski definition) is 3. The van der Waals surface area contributed by atoms with Gasteiger partial charge in [-0.3, -0.25) is 14.5 Å². The van der Waals surface area contributed by atoms with Crippen LogP contribution >= 0.6 is 11.6 Å². The zero-order chi connectivity index (χ0) is 20.3. The number of imide groups is 1. The van der Waals surface area contributed by atoms with Gasteiger partial charge in [0.2, 0.25) is 5.91 Å². The maximum absolute atomic E-state index is 12.6. The zero-order valence-corrected chi connectivity index (χ0v) is 16.5. The van der Waals surface area contributed by atoms with Crippen molar-refractivity contribution in [3.05, 3.63) is 70.7 Å². The van der Waals surface area contributed by atoms with Crippen LogP contribution in [0.25, 0.3) is 0 Å². The van der Waals surface area contributed by atoms with Gasteiger partial charge in [0.1, 0.15) is 5.54 Å². The van der Waals surface area contributed by atoms with Crippen molar-refractivity contribution in [3.8, 4) is 0 Å². The highest BCUT2D eigenvalue weighted by molar-refractivity contribution is 6.30. The highest BCUT2D eigenvalue weighted by Crippen LogP contribution is 2.24. The molecule has 0 saturated carbocycles. The van der Waals surface area contributed by atoms with E-state index in [0.717, 1.165) is 16.0 Å². The molecule has 3 rings (SSSR count).